The molecule has 0 N–H and O–H groups in total. The normalized spacial score (nSPS) is 9.50. The van der Waals surface area contributed by atoms with E-state index in [9.17, 15) is 0 Å². The lowest BCUT2D eigenvalue weighted by molar-refractivity contribution is 2.16. The Hall–Kier alpha value is 1.13. The van der Waals surface area contributed by atoms with Crippen molar-refractivity contribution in [3.05, 3.63) is 0 Å². The van der Waals surface area contributed by atoms with Gasteiger partial charge in [0.2, 0.25) is 0 Å². The Kier molecular flexibility index (Phi) is 5.30. The van der Waals surface area contributed by atoms with Crippen molar-refractivity contribution in [2.45, 2.75) is 0 Å². The highest BCUT2D eigenvalue weighted by Gasteiger charge is 1.38. The maximum absolute atomic E-state index is 3.57. The van der Waals surface area contributed by atoms with Crippen LogP contribution >= 0.6 is 45.5 Å². The SMILES string of the molecule is I/C=N\I. The molecule has 0 heterocycles. The van der Waals surface area contributed by atoms with E-state index >= 15 is 0 Å². The van der Waals surface area contributed by atoms with E-state index in [1.165, 1.54) is 0 Å². The summed E-state index contributed by atoms with van der Waals surface area (Å²) >= 11 is 3.97. The Balaban J connectivity index is 2.55. The van der Waals surface area contributed by atoms with Crippen LogP contribution in [0.2, 0.25) is 0 Å². The molecule has 0 amide bonds. The molecule has 0 unspecified atom stereocenters. The molecule has 3 heteroatoms. The minimum absolute atomic E-state index is 1.71. The molecule has 0 fully saturated rings. The summed E-state index contributed by atoms with van der Waals surface area (Å²) in [4.78, 5) is 0. The van der Waals surface area contributed by atoms with Crippen LogP contribution < -0.4 is 0 Å². The van der Waals surface area contributed by atoms with Gasteiger partial charge in [-0.1, -0.05) is 0 Å². The van der Waals surface area contributed by atoms with Crippen LogP contribution in [-0.4, -0.2) is 4.22 Å². The van der Waals surface area contributed by atoms with E-state index in [-0.39, 0.29) is 0 Å². The minimum atomic E-state index is 1.71. The molecule has 0 aromatic carbocycles. The molecule has 0 aliphatic carbocycles. The van der Waals surface area contributed by atoms with E-state index in [1.54, 1.807) is 4.22 Å². The van der Waals surface area contributed by atoms with Crippen molar-refractivity contribution < 1.29 is 0 Å². The number of nitrogens with zero attached hydrogens (tertiary/aromatic N) is 1. The van der Waals surface area contributed by atoms with E-state index in [1.807, 2.05) is 22.9 Å². The van der Waals surface area contributed by atoms with Crippen LogP contribution in [0.4, 0.5) is 0 Å². The van der Waals surface area contributed by atoms with Crippen LogP contribution in [0.15, 0.2) is 3.21 Å². The first kappa shape index (κ1) is 5.13. The van der Waals surface area contributed by atoms with Crippen LogP contribution in [0.3, 0.4) is 0 Å². The topological polar surface area (TPSA) is 12.4 Å². The predicted octanol–water partition coefficient (Wildman–Crippen LogP) is 1.80. The fraction of sp³-hybridized carbons (Fsp3) is 0. The van der Waals surface area contributed by atoms with E-state index in [2.05, 4.69) is 25.8 Å². The Morgan fingerprint density at radius 2 is 2.00 bits per heavy atom. The fourth-order valence-electron chi connectivity index (χ4n) is 0. The lowest BCUT2D eigenvalue weighted by atomic mass is 11.8. The molecule has 24 valence electrons. The molecule has 0 radical (unpaired) electrons. The molecule has 4 heavy (non-hydrogen) atoms. The van der Waals surface area contributed by atoms with Gasteiger partial charge in [-0.25, -0.2) is 3.21 Å². The van der Waals surface area contributed by atoms with Crippen molar-refractivity contribution >= 4 is 49.7 Å². The zero-order valence-electron chi connectivity index (χ0n) is 1.78. The Labute approximate surface area is 52.5 Å². The van der Waals surface area contributed by atoms with Gasteiger partial charge in [-0.05, 0) is 22.6 Å². The van der Waals surface area contributed by atoms with Gasteiger partial charge in [-0.3, -0.25) is 0 Å². The molecular formula is CHI2N. The van der Waals surface area contributed by atoms with Crippen molar-refractivity contribution in [2.24, 2.45) is 3.21 Å². The molecule has 0 saturated carbocycles. The summed E-state index contributed by atoms with van der Waals surface area (Å²) in [5.41, 5.74) is 0. The zero-order valence-corrected chi connectivity index (χ0v) is 6.10. The third kappa shape index (κ3) is 3.13. The van der Waals surface area contributed by atoms with Crippen LogP contribution in [-0.2, 0) is 0 Å². The van der Waals surface area contributed by atoms with E-state index in [4.69, 9.17) is 0 Å². The van der Waals surface area contributed by atoms with Crippen LogP contribution in [0.25, 0.3) is 0 Å². The van der Waals surface area contributed by atoms with Crippen LogP contribution in [0.5, 0.6) is 0 Å². The molecular weight excluding hydrogens is 280 g/mol. The van der Waals surface area contributed by atoms with Gasteiger partial charge in [0, 0.05) is 0 Å². The second kappa shape index (κ2) is 4.13. The quantitative estimate of drug-likeness (QED) is 0.474. The van der Waals surface area contributed by atoms with Crippen molar-refractivity contribution in [1.29, 1.82) is 0 Å². The summed E-state index contributed by atoms with van der Waals surface area (Å²) in [6.07, 6.45) is 0. The molecule has 0 rings (SSSR count). The monoisotopic (exact) mass is 281 g/mol. The number of hydrogen-bond acceptors (Lipinski definition) is 1. The smallest absolute Gasteiger partial charge is 0.0836 e. The summed E-state index contributed by atoms with van der Waals surface area (Å²) in [7, 11) is 0. The minimum Gasteiger partial charge on any atom is -0.217 e. The Morgan fingerprint density at radius 1 is 1.75 bits per heavy atom. The first-order chi connectivity index (χ1) is 1.91. The van der Waals surface area contributed by atoms with Crippen LogP contribution in [0, 0.1) is 0 Å². The fourth-order valence-corrected chi connectivity index (χ4v) is 0. The summed E-state index contributed by atoms with van der Waals surface area (Å²) in [5.74, 6) is 0. The van der Waals surface area contributed by atoms with E-state index in [0.29, 0.717) is 0 Å². The Bertz CT molecular complexity index is 21.2. The van der Waals surface area contributed by atoms with Crippen LogP contribution in [0.1, 0.15) is 0 Å². The largest absolute Gasteiger partial charge is 0.217 e. The lowest BCUT2D eigenvalue weighted by Gasteiger charge is -1.46. The highest BCUT2D eigenvalue weighted by molar-refractivity contribution is 14.1. The molecule has 0 aromatic rings. The molecule has 0 aliphatic heterocycles. The van der Waals surface area contributed by atoms with Gasteiger partial charge in [0.05, 0.1) is 27.1 Å². The Morgan fingerprint density at radius 3 is 2.00 bits per heavy atom. The molecule has 0 bridgehead atoms. The predicted molar refractivity (Wildman–Crippen MR) is 36.5 cm³/mol. The number of hydrogen-bond donors (Lipinski definition) is 0. The third-order valence-electron chi connectivity index (χ3n) is 0.0369. The molecule has 0 saturated heterocycles. The standard InChI is InChI=1S/CHI2N/c2-1-4-3/h1H/b4-1-. The van der Waals surface area contributed by atoms with E-state index in [0.717, 1.165) is 0 Å². The average Bonchev–Trinajstić information content (AvgIpc) is 1.37. The van der Waals surface area contributed by atoms with Gasteiger partial charge in [-0.2, -0.15) is 0 Å². The van der Waals surface area contributed by atoms with Gasteiger partial charge in [0.1, 0.15) is 0 Å². The van der Waals surface area contributed by atoms with Gasteiger partial charge in [-0.15, -0.1) is 0 Å². The van der Waals surface area contributed by atoms with Crippen molar-refractivity contribution in [3.63, 3.8) is 0 Å². The van der Waals surface area contributed by atoms with E-state index < -0.39 is 0 Å². The third-order valence-corrected chi connectivity index (χ3v) is 1.66. The van der Waals surface area contributed by atoms with Gasteiger partial charge >= 0.3 is 0 Å². The summed E-state index contributed by atoms with van der Waals surface area (Å²) in [6.45, 7) is 0. The molecule has 1 nitrogen and oxygen atoms in total. The molecule has 0 aromatic heterocycles. The first-order valence-corrected chi connectivity index (χ1v) is 2.86. The maximum Gasteiger partial charge on any atom is 0.0836 e. The van der Waals surface area contributed by atoms with Crippen molar-refractivity contribution in [1.82, 2.24) is 0 Å². The second-order valence-electron chi connectivity index (χ2n) is 0.195. The van der Waals surface area contributed by atoms with Crippen molar-refractivity contribution in [3.8, 4) is 0 Å². The highest BCUT2D eigenvalue weighted by Crippen LogP contribution is 1.80. The highest BCUT2D eigenvalue weighted by atomic mass is 127. The lowest BCUT2D eigenvalue weighted by Crippen LogP contribution is -1.26. The molecule has 0 atom stereocenters. The summed E-state index contributed by atoms with van der Waals surface area (Å²) < 4.78 is 5.27. The maximum atomic E-state index is 3.57. The van der Waals surface area contributed by atoms with Gasteiger partial charge < -0.3 is 0 Å². The summed E-state index contributed by atoms with van der Waals surface area (Å²) in [6, 6.07) is 0. The van der Waals surface area contributed by atoms with Gasteiger partial charge in [0.25, 0.3) is 0 Å². The van der Waals surface area contributed by atoms with Gasteiger partial charge in [0.15, 0.2) is 0 Å². The first-order valence-electron chi connectivity index (χ1n) is 0.645. The molecule has 0 aliphatic rings. The number of rotatable bonds is 0. The average molecular weight is 281 g/mol. The number of halogens is 2. The molecule has 0 spiro atoms. The van der Waals surface area contributed by atoms with Crippen molar-refractivity contribution in [2.75, 3.05) is 0 Å². The zero-order chi connectivity index (χ0) is 3.41. The summed E-state index contributed by atoms with van der Waals surface area (Å²) in [5, 5.41) is 0. The second-order valence-corrected chi connectivity index (χ2v) is 1.31.